The Morgan fingerprint density at radius 3 is 2.12 bits per heavy atom. The first-order valence-electron chi connectivity index (χ1n) is 9.67. The Labute approximate surface area is 158 Å². The van der Waals surface area contributed by atoms with Gasteiger partial charge in [-0.2, -0.15) is 0 Å². The fourth-order valence-corrected chi connectivity index (χ4v) is 9.78. The first-order valence-corrected chi connectivity index (χ1v) is 11.9. The van der Waals surface area contributed by atoms with Gasteiger partial charge in [0.15, 0.2) is 0 Å². The average Bonchev–Trinajstić information content (AvgIpc) is 2.61. The third kappa shape index (κ3) is 3.17. The maximum Gasteiger partial charge on any atom is 0.146 e. The zero-order valence-corrected chi connectivity index (χ0v) is 17.8. The summed E-state index contributed by atoms with van der Waals surface area (Å²) in [5.41, 5.74) is 7.87. The predicted octanol–water partition coefficient (Wildman–Crippen LogP) is 6.96. The molecule has 0 atom stereocenters. The summed E-state index contributed by atoms with van der Waals surface area (Å²) in [7, 11) is -1.70. The summed E-state index contributed by atoms with van der Waals surface area (Å²) in [6.07, 6.45) is 1.96. The molecular formula is C24H29NSi. The van der Waals surface area contributed by atoms with Gasteiger partial charge in [0.25, 0.3) is 0 Å². The van der Waals surface area contributed by atoms with Crippen LogP contribution in [0.4, 0.5) is 0 Å². The lowest BCUT2D eigenvalue weighted by atomic mass is 10.1. The molecule has 0 radical (unpaired) electrons. The fraction of sp³-hybridized carbons (Fsp3) is 0.375. The molecule has 0 aliphatic heterocycles. The third-order valence-corrected chi connectivity index (χ3v) is 12.2. The molecule has 0 aliphatic rings. The second-order valence-corrected chi connectivity index (χ2v) is 13.8. The van der Waals surface area contributed by atoms with Gasteiger partial charge in [-0.05, 0) is 34.1 Å². The summed E-state index contributed by atoms with van der Waals surface area (Å²) in [5.74, 6) is 3.54. The smallest absolute Gasteiger partial charge is 0.146 e. The lowest BCUT2D eigenvalue weighted by Crippen LogP contribution is -2.43. The molecule has 1 aromatic heterocycles. The normalized spacial score (nSPS) is 12.2. The second kappa shape index (κ2) is 7.25. The standard InChI is InChI=1S/C24H29NSi/c1-17(2)26(18(3)4,19(5)6)14-13-20-11-12-23-22-10-8-7-9-21(22)16-25-24(23)15-20/h7-12,15-19H,1-6H3. The van der Waals surface area contributed by atoms with Crippen LogP contribution in [0.1, 0.15) is 47.1 Å². The van der Waals surface area contributed by atoms with E-state index in [0.29, 0.717) is 16.6 Å². The van der Waals surface area contributed by atoms with E-state index in [0.717, 1.165) is 11.1 Å². The van der Waals surface area contributed by atoms with Gasteiger partial charge in [0, 0.05) is 22.5 Å². The van der Waals surface area contributed by atoms with Gasteiger partial charge in [0.1, 0.15) is 8.07 Å². The van der Waals surface area contributed by atoms with E-state index in [-0.39, 0.29) is 0 Å². The fourth-order valence-electron chi connectivity index (χ4n) is 4.55. The Bertz CT molecular complexity index is 967. The highest BCUT2D eigenvalue weighted by Crippen LogP contribution is 2.40. The number of hydrogen-bond donors (Lipinski definition) is 0. The zero-order chi connectivity index (χ0) is 18.9. The Morgan fingerprint density at radius 1 is 0.808 bits per heavy atom. The van der Waals surface area contributed by atoms with E-state index in [1.807, 2.05) is 6.20 Å². The number of hydrogen-bond acceptors (Lipinski definition) is 1. The van der Waals surface area contributed by atoms with E-state index < -0.39 is 8.07 Å². The third-order valence-electron chi connectivity index (χ3n) is 5.88. The maximum absolute atomic E-state index is 4.66. The van der Waals surface area contributed by atoms with Crippen LogP contribution in [0.3, 0.4) is 0 Å². The minimum atomic E-state index is -1.70. The minimum Gasteiger partial charge on any atom is -0.256 e. The van der Waals surface area contributed by atoms with Gasteiger partial charge in [-0.25, -0.2) is 0 Å². The Morgan fingerprint density at radius 2 is 1.46 bits per heavy atom. The molecule has 2 aromatic carbocycles. The van der Waals surface area contributed by atoms with Crippen LogP contribution in [0, 0.1) is 11.5 Å². The molecule has 26 heavy (non-hydrogen) atoms. The van der Waals surface area contributed by atoms with Gasteiger partial charge in [-0.15, -0.1) is 5.54 Å². The Kier molecular flexibility index (Phi) is 5.21. The van der Waals surface area contributed by atoms with Gasteiger partial charge >= 0.3 is 0 Å². The summed E-state index contributed by atoms with van der Waals surface area (Å²) in [6, 6.07) is 14.9. The molecule has 1 nitrogen and oxygen atoms in total. The molecule has 3 aromatic rings. The second-order valence-electron chi connectivity index (χ2n) is 8.22. The highest BCUT2D eigenvalue weighted by atomic mass is 28.3. The van der Waals surface area contributed by atoms with Crippen LogP contribution in [-0.4, -0.2) is 13.1 Å². The number of nitrogens with zero attached hydrogens (tertiary/aromatic N) is 1. The van der Waals surface area contributed by atoms with Gasteiger partial charge < -0.3 is 0 Å². The van der Waals surface area contributed by atoms with Crippen LogP contribution in [0.2, 0.25) is 16.6 Å². The van der Waals surface area contributed by atoms with Crippen molar-refractivity contribution in [1.82, 2.24) is 4.98 Å². The maximum atomic E-state index is 4.66. The van der Waals surface area contributed by atoms with Crippen molar-refractivity contribution in [2.45, 2.75) is 58.2 Å². The summed E-state index contributed by atoms with van der Waals surface area (Å²) >= 11 is 0. The van der Waals surface area contributed by atoms with E-state index in [4.69, 9.17) is 0 Å². The number of benzene rings is 2. The van der Waals surface area contributed by atoms with E-state index in [9.17, 15) is 0 Å². The molecule has 0 amide bonds. The predicted molar refractivity (Wildman–Crippen MR) is 117 cm³/mol. The summed E-state index contributed by atoms with van der Waals surface area (Å²) < 4.78 is 0. The largest absolute Gasteiger partial charge is 0.256 e. The van der Waals surface area contributed by atoms with Crippen LogP contribution in [0.25, 0.3) is 21.7 Å². The number of fused-ring (bicyclic) bond motifs is 3. The van der Waals surface area contributed by atoms with Crippen molar-refractivity contribution in [3.8, 4) is 11.5 Å². The van der Waals surface area contributed by atoms with Gasteiger partial charge in [-0.1, -0.05) is 77.8 Å². The number of aromatic nitrogens is 1. The molecule has 0 N–H and O–H groups in total. The van der Waals surface area contributed by atoms with Crippen LogP contribution in [0.15, 0.2) is 48.7 Å². The highest BCUT2D eigenvalue weighted by molar-refractivity contribution is 6.90. The summed E-state index contributed by atoms with van der Waals surface area (Å²) in [5, 5.41) is 3.64. The van der Waals surface area contributed by atoms with Crippen LogP contribution in [-0.2, 0) is 0 Å². The van der Waals surface area contributed by atoms with Crippen molar-refractivity contribution in [3.63, 3.8) is 0 Å². The Hall–Kier alpha value is -2.11. The first kappa shape index (κ1) is 18.7. The Balaban J connectivity index is 2.10. The van der Waals surface area contributed by atoms with Crippen molar-refractivity contribution in [1.29, 1.82) is 0 Å². The minimum absolute atomic E-state index is 0.650. The SMILES string of the molecule is CC(C)[Si](C#Cc1ccc2c(c1)ncc1ccccc12)(C(C)C)C(C)C. The van der Waals surface area contributed by atoms with Crippen molar-refractivity contribution >= 4 is 29.7 Å². The molecule has 2 heteroatoms. The highest BCUT2D eigenvalue weighted by Gasteiger charge is 2.41. The topological polar surface area (TPSA) is 12.9 Å². The molecule has 0 bridgehead atoms. The zero-order valence-electron chi connectivity index (χ0n) is 16.8. The van der Waals surface area contributed by atoms with Crippen LogP contribution in [0.5, 0.6) is 0 Å². The molecule has 0 fully saturated rings. The van der Waals surface area contributed by atoms with Gasteiger partial charge in [-0.3, -0.25) is 4.98 Å². The van der Waals surface area contributed by atoms with Gasteiger partial charge in [0.2, 0.25) is 0 Å². The van der Waals surface area contributed by atoms with Gasteiger partial charge in [0.05, 0.1) is 5.52 Å². The molecule has 0 saturated carbocycles. The summed E-state index contributed by atoms with van der Waals surface area (Å²) in [4.78, 5) is 4.66. The van der Waals surface area contributed by atoms with Crippen molar-refractivity contribution in [2.75, 3.05) is 0 Å². The van der Waals surface area contributed by atoms with E-state index in [1.165, 1.54) is 16.2 Å². The van der Waals surface area contributed by atoms with E-state index in [2.05, 4.69) is 100 Å². The molecule has 0 aliphatic carbocycles. The van der Waals surface area contributed by atoms with Crippen molar-refractivity contribution < 1.29 is 0 Å². The molecule has 134 valence electrons. The monoisotopic (exact) mass is 359 g/mol. The number of pyridine rings is 1. The lowest BCUT2D eigenvalue weighted by Gasteiger charge is -2.38. The molecular weight excluding hydrogens is 330 g/mol. The molecule has 1 heterocycles. The lowest BCUT2D eigenvalue weighted by molar-refractivity contribution is 0.838. The molecule has 3 rings (SSSR count). The van der Waals surface area contributed by atoms with Crippen LogP contribution >= 0.6 is 0 Å². The van der Waals surface area contributed by atoms with Crippen molar-refractivity contribution in [2.24, 2.45) is 0 Å². The molecule has 0 unspecified atom stereocenters. The summed E-state index contributed by atoms with van der Waals surface area (Å²) in [6.45, 7) is 14.1. The van der Waals surface area contributed by atoms with E-state index >= 15 is 0 Å². The van der Waals surface area contributed by atoms with E-state index in [1.54, 1.807) is 0 Å². The van der Waals surface area contributed by atoms with Crippen LogP contribution < -0.4 is 0 Å². The number of rotatable bonds is 3. The van der Waals surface area contributed by atoms with Crippen molar-refractivity contribution in [3.05, 3.63) is 54.2 Å². The molecule has 0 saturated heterocycles. The average molecular weight is 360 g/mol. The quantitative estimate of drug-likeness (QED) is 0.280. The molecule has 0 spiro atoms. The first-order chi connectivity index (χ1) is 12.4.